The summed E-state index contributed by atoms with van der Waals surface area (Å²) in [6.07, 6.45) is 2.52. The van der Waals surface area contributed by atoms with Crippen molar-refractivity contribution in [1.82, 2.24) is 16.0 Å². The van der Waals surface area contributed by atoms with Crippen molar-refractivity contribution in [2.75, 3.05) is 7.11 Å². The second-order valence-electron chi connectivity index (χ2n) is 15.4. The van der Waals surface area contributed by atoms with Crippen LogP contribution in [-0.4, -0.2) is 61.1 Å². The Morgan fingerprint density at radius 2 is 1.67 bits per heavy atom. The van der Waals surface area contributed by atoms with Crippen LogP contribution < -0.4 is 26.4 Å². The van der Waals surface area contributed by atoms with Crippen LogP contribution in [-0.2, 0) is 41.6 Å². The second kappa shape index (κ2) is 16.6. The summed E-state index contributed by atoms with van der Waals surface area (Å²) in [5.41, 5.74) is 6.99. The minimum atomic E-state index is -1.15. The number of nitrogens with two attached hydrogens (primary N) is 1. The zero-order valence-corrected chi connectivity index (χ0v) is 31.6. The first-order chi connectivity index (χ1) is 23.9. The fourth-order valence-corrected chi connectivity index (χ4v) is 6.38. The first-order valence-corrected chi connectivity index (χ1v) is 17.9. The van der Waals surface area contributed by atoms with E-state index in [4.69, 9.17) is 31.5 Å². The van der Waals surface area contributed by atoms with Crippen molar-refractivity contribution in [2.45, 2.75) is 111 Å². The molecule has 1 fully saturated rings. The third kappa shape index (κ3) is 10.6. The molecule has 0 saturated carbocycles. The number of benzene rings is 2. The molecule has 2 aromatic carbocycles. The SMILES string of the molecule is COc1ccc(CC2NC(=O)/C=C/CC([C@H](C)[C@H]3O[C@@H]3c3ccc(CN)cc3)OC(=O)[C@H](CC(C)(C)C)NC(=O)C(C)(C)[C@H](C)NC2=O)cc1Cl. The minimum Gasteiger partial charge on any atom is -0.495 e. The molecule has 4 rings (SSSR count). The molecule has 2 aromatic rings. The highest BCUT2D eigenvalue weighted by Gasteiger charge is 2.48. The fraction of sp³-hybridized carbons (Fsp3) is 0.538. The molecule has 0 spiro atoms. The van der Waals surface area contributed by atoms with E-state index in [0.717, 1.165) is 11.1 Å². The Morgan fingerprint density at radius 1 is 1.00 bits per heavy atom. The summed E-state index contributed by atoms with van der Waals surface area (Å²) in [6, 6.07) is 10.4. The number of methoxy groups -OCH3 is 1. The molecule has 51 heavy (non-hydrogen) atoms. The number of rotatable bonds is 8. The summed E-state index contributed by atoms with van der Waals surface area (Å²) in [5.74, 6) is -1.76. The lowest BCUT2D eigenvalue weighted by Crippen LogP contribution is -2.58. The second-order valence-corrected chi connectivity index (χ2v) is 15.8. The van der Waals surface area contributed by atoms with Crippen molar-refractivity contribution in [3.63, 3.8) is 0 Å². The Bertz CT molecular complexity index is 1600. The number of halogens is 1. The Morgan fingerprint density at radius 3 is 2.27 bits per heavy atom. The molecular formula is C39H53ClN4O7. The van der Waals surface area contributed by atoms with Crippen LogP contribution in [0.4, 0.5) is 0 Å². The lowest BCUT2D eigenvalue weighted by atomic mass is 9.82. The van der Waals surface area contributed by atoms with Crippen LogP contribution in [0.25, 0.3) is 0 Å². The molecule has 12 heteroatoms. The van der Waals surface area contributed by atoms with Crippen LogP contribution in [0.15, 0.2) is 54.6 Å². The van der Waals surface area contributed by atoms with Crippen molar-refractivity contribution in [3.8, 4) is 5.75 Å². The number of hydrogen-bond donors (Lipinski definition) is 4. The van der Waals surface area contributed by atoms with E-state index in [1.54, 1.807) is 45.0 Å². The van der Waals surface area contributed by atoms with Gasteiger partial charge in [0.15, 0.2) is 0 Å². The third-order valence-corrected chi connectivity index (χ3v) is 10.1. The van der Waals surface area contributed by atoms with Gasteiger partial charge in [0.05, 0.1) is 23.7 Å². The van der Waals surface area contributed by atoms with E-state index >= 15 is 0 Å². The number of esters is 1. The molecule has 2 aliphatic rings. The molecule has 0 bridgehead atoms. The zero-order valence-electron chi connectivity index (χ0n) is 30.9. The predicted octanol–water partition coefficient (Wildman–Crippen LogP) is 4.93. The maximum absolute atomic E-state index is 13.9. The number of ether oxygens (including phenoxy) is 3. The van der Waals surface area contributed by atoms with E-state index in [1.165, 1.54) is 13.2 Å². The van der Waals surface area contributed by atoms with Crippen LogP contribution in [0.2, 0.25) is 5.02 Å². The highest BCUT2D eigenvalue weighted by Crippen LogP contribution is 2.45. The van der Waals surface area contributed by atoms with Gasteiger partial charge < -0.3 is 35.9 Å². The number of carbonyl (C=O) groups excluding carboxylic acids is 4. The van der Waals surface area contributed by atoms with E-state index in [0.29, 0.717) is 29.3 Å². The first kappa shape index (κ1) is 39.8. The van der Waals surface area contributed by atoms with Crippen molar-refractivity contribution < 1.29 is 33.4 Å². The van der Waals surface area contributed by atoms with Crippen LogP contribution in [0.1, 0.15) is 84.1 Å². The van der Waals surface area contributed by atoms with Gasteiger partial charge in [-0.05, 0) is 67.5 Å². The van der Waals surface area contributed by atoms with Gasteiger partial charge in [0.1, 0.15) is 30.0 Å². The number of hydrogen-bond acceptors (Lipinski definition) is 8. The molecule has 3 amide bonds. The Balaban J connectivity index is 1.65. The largest absolute Gasteiger partial charge is 0.495 e. The van der Waals surface area contributed by atoms with Crippen molar-refractivity contribution in [2.24, 2.45) is 22.5 Å². The van der Waals surface area contributed by atoms with Crippen molar-refractivity contribution in [3.05, 3.63) is 76.3 Å². The summed E-state index contributed by atoms with van der Waals surface area (Å²) in [7, 11) is 1.51. The zero-order chi connectivity index (χ0) is 37.7. The van der Waals surface area contributed by atoms with E-state index in [-0.39, 0.29) is 36.4 Å². The van der Waals surface area contributed by atoms with Crippen molar-refractivity contribution in [1.29, 1.82) is 0 Å². The van der Waals surface area contributed by atoms with E-state index in [9.17, 15) is 19.2 Å². The molecule has 11 nitrogen and oxygen atoms in total. The fourth-order valence-electron chi connectivity index (χ4n) is 6.10. The molecule has 0 aliphatic carbocycles. The quantitative estimate of drug-likeness (QED) is 0.220. The Labute approximate surface area is 306 Å². The van der Waals surface area contributed by atoms with Crippen molar-refractivity contribution >= 4 is 35.3 Å². The minimum absolute atomic E-state index is 0.131. The van der Waals surface area contributed by atoms with E-state index in [1.807, 2.05) is 52.0 Å². The molecule has 2 aliphatic heterocycles. The average molecular weight is 725 g/mol. The van der Waals surface area contributed by atoms with Gasteiger partial charge in [-0.25, -0.2) is 4.79 Å². The topological polar surface area (TPSA) is 161 Å². The number of nitrogens with one attached hydrogen (secondary N) is 3. The smallest absolute Gasteiger partial charge is 0.328 e. The molecule has 7 atom stereocenters. The van der Waals surface area contributed by atoms with Gasteiger partial charge in [-0.1, -0.05) is 75.7 Å². The highest BCUT2D eigenvalue weighted by atomic mass is 35.5. The van der Waals surface area contributed by atoms with Crippen LogP contribution in [0, 0.1) is 16.7 Å². The van der Waals surface area contributed by atoms with Gasteiger partial charge in [0.25, 0.3) is 0 Å². The summed E-state index contributed by atoms with van der Waals surface area (Å²) in [6.45, 7) is 13.4. The van der Waals surface area contributed by atoms with Gasteiger partial charge in [-0.3, -0.25) is 14.4 Å². The normalized spacial score (nSPS) is 27.3. The first-order valence-electron chi connectivity index (χ1n) is 17.5. The lowest BCUT2D eigenvalue weighted by Gasteiger charge is -2.35. The van der Waals surface area contributed by atoms with Gasteiger partial charge in [0.2, 0.25) is 17.7 Å². The van der Waals surface area contributed by atoms with Gasteiger partial charge >= 0.3 is 5.97 Å². The molecular weight excluding hydrogens is 672 g/mol. The number of epoxide rings is 1. The summed E-state index contributed by atoms with van der Waals surface area (Å²) < 4.78 is 17.6. The lowest BCUT2D eigenvalue weighted by molar-refractivity contribution is -0.157. The molecule has 1 saturated heterocycles. The maximum Gasteiger partial charge on any atom is 0.328 e. The van der Waals surface area contributed by atoms with E-state index < -0.39 is 53.3 Å². The van der Waals surface area contributed by atoms with E-state index in [2.05, 4.69) is 16.0 Å². The third-order valence-electron chi connectivity index (χ3n) is 9.80. The van der Waals surface area contributed by atoms with Crippen LogP contribution >= 0.6 is 11.6 Å². The summed E-state index contributed by atoms with van der Waals surface area (Å²) in [4.78, 5) is 54.9. The summed E-state index contributed by atoms with van der Waals surface area (Å²) >= 11 is 6.36. The molecule has 0 radical (unpaired) electrons. The van der Waals surface area contributed by atoms with Crippen LogP contribution in [0.3, 0.4) is 0 Å². The highest BCUT2D eigenvalue weighted by molar-refractivity contribution is 6.32. The predicted molar refractivity (Wildman–Crippen MR) is 196 cm³/mol. The van der Waals surface area contributed by atoms with Gasteiger partial charge in [0, 0.05) is 31.3 Å². The number of carbonyl (C=O) groups is 4. The molecule has 0 aromatic heterocycles. The number of cyclic esters (lactones) is 1. The summed E-state index contributed by atoms with van der Waals surface area (Å²) in [5, 5.41) is 9.04. The molecule has 5 N–H and O–H groups in total. The Hall–Kier alpha value is -3.93. The monoisotopic (exact) mass is 724 g/mol. The van der Waals surface area contributed by atoms with Crippen LogP contribution in [0.5, 0.6) is 5.75 Å². The maximum atomic E-state index is 13.9. The molecule has 2 heterocycles. The average Bonchev–Trinajstić information content (AvgIpc) is 3.87. The number of amides is 3. The Kier molecular flexibility index (Phi) is 13.0. The standard InChI is InChI=1S/C39H53ClN4O7/c1-22(33-34(51-33)26-15-12-24(21-41)13-16-26)30-10-9-11-32(45)43-28(19-25-14-17-31(49-8)27(40)18-25)35(46)42-23(2)39(6,7)37(48)44-29(36(47)50-30)20-38(3,4)5/h9,11-18,22-23,28-30,33-34H,10,19-21,41H2,1-8H3,(H,42,46)(H,43,45)(H,44,48)/b11-9+/t22-,23-,28?,29-,30?,33+,34+/m0/s1. The van der Waals surface area contributed by atoms with Gasteiger partial charge in [-0.2, -0.15) is 0 Å². The van der Waals surface area contributed by atoms with Gasteiger partial charge in [-0.15, -0.1) is 0 Å². The molecule has 278 valence electrons. The molecule has 2 unspecified atom stereocenters.